The van der Waals surface area contributed by atoms with Crippen LogP contribution in [-0.2, 0) is 4.79 Å². The number of carboxylic acid groups (broad SMARTS) is 1. The van der Waals surface area contributed by atoms with Gasteiger partial charge in [0.1, 0.15) is 5.54 Å². The summed E-state index contributed by atoms with van der Waals surface area (Å²) in [7, 11) is 0. The largest absolute Gasteiger partial charge is 0.479 e. The summed E-state index contributed by atoms with van der Waals surface area (Å²) < 4.78 is 0. The maximum Gasteiger partial charge on any atom is 0.329 e. The summed E-state index contributed by atoms with van der Waals surface area (Å²) in [4.78, 5) is 28.0. The number of hydrogen-bond acceptors (Lipinski definition) is 2. The Morgan fingerprint density at radius 1 is 1.20 bits per heavy atom. The van der Waals surface area contributed by atoms with Gasteiger partial charge in [-0.3, -0.25) is 0 Å². The highest BCUT2D eigenvalue weighted by Crippen LogP contribution is 2.34. The number of nitrogens with zero attached hydrogens (tertiary/aromatic N) is 2. The SMILES string of the molecule is CCC1(C(=O)O)CCCN1C(=O)N1CCCCCC1C. The van der Waals surface area contributed by atoms with E-state index in [4.69, 9.17) is 0 Å². The Morgan fingerprint density at radius 3 is 2.60 bits per heavy atom. The smallest absolute Gasteiger partial charge is 0.329 e. The molecular formula is C15H26N2O3. The molecule has 2 amide bonds. The molecule has 0 spiro atoms. The monoisotopic (exact) mass is 282 g/mol. The molecule has 0 saturated carbocycles. The molecule has 2 unspecified atom stereocenters. The molecule has 5 nitrogen and oxygen atoms in total. The van der Waals surface area contributed by atoms with Crippen molar-refractivity contribution in [3.05, 3.63) is 0 Å². The third-order valence-corrected chi connectivity index (χ3v) is 5.00. The highest BCUT2D eigenvalue weighted by molar-refractivity contribution is 5.87. The lowest BCUT2D eigenvalue weighted by Gasteiger charge is -2.39. The van der Waals surface area contributed by atoms with E-state index in [2.05, 4.69) is 6.92 Å². The van der Waals surface area contributed by atoms with Crippen LogP contribution in [0, 0.1) is 0 Å². The van der Waals surface area contributed by atoms with Gasteiger partial charge in [-0.15, -0.1) is 0 Å². The fraction of sp³-hybridized carbons (Fsp3) is 0.867. The van der Waals surface area contributed by atoms with Gasteiger partial charge in [-0.25, -0.2) is 9.59 Å². The second kappa shape index (κ2) is 6.02. The van der Waals surface area contributed by atoms with Gasteiger partial charge in [-0.2, -0.15) is 0 Å². The van der Waals surface area contributed by atoms with Gasteiger partial charge in [0, 0.05) is 19.1 Å². The zero-order valence-corrected chi connectivity index (χ0v) is 12.6. The van der Waals surface area contributed by atoms with Crippen LogP contribution >= 0.6 is 0 Å². The van der Waals surface area contributed by atoms with E-state index in [0.29, 0.717) is 19.4 Å². The maximum absolute atomic E-state index is 12.8. The lowest BCUT2D eigenvalue weighted by atomic mass is 9.93. The standard InChI is InChI=1S/C15H26N2O3/c1-3-15(13(18)19)9-7-11-17(15)14(20)16-10-6-4-5-8-12(16)2/h12H,3-11H2,1-2H3,(H,18,19). The summed E-state index contributed by atoms with van der Waals surface area (Å²) >= 11 is 0. The quantitative estimate of drug-likeness (QED) is 0.847. The summed E-state index contributed by atoms with van der Waals surface area (Å²) in [6, 6.07) is 0.148. The van der Waals surface area contributed by atoms with Crippen molar-refractivity contribution in [3.63, 3.8) is 0 Å². The van der Waals surface area contributed by atoms with Crippen LogP contribution in [0.4, 0.5) is 4.79 Å². The molecule has 2 atom stereocenters. The van der Waals surface area contributed by atoms with Crippen molar-refractivity contribution in [1.29, 1.82) is 0 Å². The third kappa shape index (κ3) is 2.50. The molecule has 0 aromatic carbocycles. The van der Waals surface area contributed by atoms with Crippen molar-refractivity contribution in [3.8, 4) is 0 Å². The Labute approximate surface area is 120 Å². The van der Waals surface area contributed by atoms with Crippen molar-refractivity contribution in [2.75, 3.05) is 13.1 Å². The number of likely N-dealkylation sites (tertiary alicyclic amines) is 2. The highest BCUT2D eigenvalue weighted by atomic mass is 16.4. The second-order valence-electron chi connectivity index (χ2n) is 6.12. The van der Waals surface area contributed by atoms with E-state index in [1.165, 1.54) is 0 Å². The fourth-order valence-electron chi connectivity index (χ4n) is 3.61. The molecule has 2 aliphatic rings. The van der Waals surface area contributed by atoms with Gasteiger partial charge in [-0.1, -0.05) is 19.8 Å². The van der Waals surface area contributed by atoms with Gasteiger partial charge in [0.15, 0.2) is 0 Å². The predicted octanol–water partition coefficient (Wildman–Crippen LogP) is 2.70. The Morgan fingerprint density at radius 2 is 1.95 bits per heavy atom. The van der Waals surface area contributed by atoms with Gasteiger partial charge >= 0.3 is 12.0 Å². The van der Waals surface area contributed by atoms with Crippen LogP contribution in [0.1, 0.15) is 58.8 Å². The average molecular weight is 282 g/mol. The first-order chi connectivity index (χ1) is 9.53. The molecule has 5 heteroatoms. The predicted molar refractivity (Wildman–Crippen MR) is 76.6 cm³/mol. The number of rotatable bonds is 2. The zero-order valence-electron chi connectivity index (χ0n) is 12.6. The highest BCUT2D eigenvalue weighted by Gasteiger charge is 2.49. The number of hydrogen-bond donors (Lipinski definition) is 1. The number of aliphatic carboxylic acids is 1. The lowest BCUT2D eigenvalue weighted by molar-refractivity contribution is -0.148. The Kier molecular flexibility index (Phi) is 4.55. The van der Waals surface area contributed by atoms with Crippen molar-refractivity contribution in [2.24, 2.45) is 0 Å². The van der Waals surface area contributed by atoms with E-state index in [9.17, 15) is 14.7 Å². The lowest BCUT2D eigenvalue weighted by Crippen LogP contribution is -2.57. The van der Waals surface area contributed by atoms with E-state index in [1.54, 1.807) is 4.90 Å². The zero-order chi connectivity index (χ0) is 14.8. The molecule has 20 heavy (non-hydrogen) atoms. The summed E-state index contributed by atoms with van der Waals surface area (Å²) in [5.41, 5.74) is -0.983. The molecular weight excluding hydrogens is 256 g/mol. The van der Waals surface area contributed by atoms with Gasteiger partial charge in [0.05, 0.1) is 0 Å². The van der Waals surface area contributed by atoms with Crippen molar-refractivity contribution < 1.29 is 14.7 Å². The van der Waals surface area contributed by atoms with Crippen molar-refractivity contribution in [1.82, 2.24) is 9.80 Å². The topological polar surface area (TPSA) is 60.9 Å². The van der Waals surface area contributed by atoms with Gasteiger partial charge in [0.25, 0.3) is 0 Å². The first kappa shape index (κ1) is 15.1. The Hall–Kier alpha value is -1.26. The molecule has 114 valence electrons. The summed E-state index contributed by atoms with van der Waals surface area (Å²) in [6.45, 7) is 5.28. The molecule has 0 radical (unpaired) electrons. The van der Waals surface area contributed by atoms with Gasteiger partial charge in [0.2, 0.25) is 0 Å². The number of carbonyl (C=O) groups excluding carboxylic acids is 1. The van der Waals surface area contributed by atoms with Crippen LogP contribution in [-0.4, -0.2) is 51.6 Å². The molecule has 0 bridgehead atoms. The van der Waals surface area contributed by atoms with E-state index in [0.717, 1.165) is 38.6 Å². The van der Waals surface area contributed by atoms with Crippen LogP contribution < -0.4 is 0 Å². The van der Waals surface area contributed by atoms with Crippen molar-refractivity contribution in [2.45, 2.75) is 70.4 Å². The van der Waals surface area contributed by atoms with Crippen LogP contribution in [0.3, 0.4) is 0 Å². The number of amides is 2. The number of carbonyl (C=O) groups is 2. The molecule has 2 heterocycles. The Bertz CT molecular complexity index is 385. The van der Waals surface area contributed by atoms with Gasteiger partial charge in [-0.05, 0) is 39.0 Å². The van der Waals surface area contributed by atoms with Crippen LogP contribution in [0.2, 0.25) is 0 Å². The second-order valence-corrected chi connectivity index (χ2v) is 6.12. The summed E-state index contributed by atoms with van der Waals surface area (Å²) in [5.74, 6) is -0.853. The minimum Gasteiger partial charge on any atom is -0.479 e. The van der Waals surface area contributed by atoms with E-state index >= 15 is 0 Å². The molecule has 0 aromatic heterocycles. The summed E-state index contributed by atoms with van der Waals surface area (Å²) in [5, 5.41) is 9.59. The van der Waals surface area contributed by atoms with E-state index < -0.39 is 11.5 Å². The van der Waals surface area contributed by atoms with Crippen LogP contribution in [0.25, 0.3) is 0 Å². The van der Waals surface area contributed by atoms with Crippen LogP contribution in [0.5, 0.6) is 0 Å². The fourth-order valence-corrected chi connectivity index (χ4v) is 3.61. The Balaban J connectivity index is 2.20. The third-order valence-electron chi connectivity index (χ3n) is 5.00. The maximum atomic E-state index is 12.8. The molecule has 0 aromatic rings. The molecule has 0 aliphatic carbocycles. The minimum atomic E-state index is -0.983. The number of urea groups is 1. The first-order valence-electron chi connectivity index (χ1n) is 7.84. The normalized spacial score (nSPS) is 31.2. The number of carboxylic acids is 1. The van der Waals surface area contributed by atoms with Crippen molar-refractivity contribution >= 4 is 12.0 Å². The molecule has 1 N–H and O–H groups in total. The van der Waals surface area contributed by atoms with Gasteiger partial charge < -0.3 is 14.9 Å². The summed E-state index contributed by atoms with van der Waals surface area (Å²) in [6.07, 6.45) is 6.20. The molecule has 2 rings (SSSR count). The average Bonchev–Trinajstić information content (AvgIpc) is 2.76. The molecule has 2 saturated heterocycles. The van der Waals surface area contributed by atoms with E-state index in [1.807, 2.05) is 11.8 Å². The van der Waals surface area contributed by atoms with E-state index in [-0.39, 0.29) is 12.1 Å². The molecule has 2 fully saturated rings. The molecule has 2 aliphatic heterocycles. The first-order valence-corrected chi connectivity index (χ1v) is 7.84. The van der Waals surface area contributed by atoms with Crippen LogP contribution in [0.15, 0.2) is 0 Å². The minimum absolute atomic E-state index is 0.0684.